The van der Waals surface area contributed by atoms with Gasteiger partial charge in [-0.05, 0) is 31.0 Å². The maximum Gasteiger partial charge on any atom is 0.258 e. The summed E-state index contributed by atoms with van der Waals surface area (Å²) in [4.78, 5) is 16.8. The summed E-state index contributed by atoms with van der Waals surface area (Å²) in [5.74, 6) is 0.773. The van der Waals surface area contributed by atoms with Crippen molar-refractivity contribution in [3.05, 3.63) is 71.8 Å². The maximum absolute atomic E-state index is 12.3. The van der Waals surface area contributed by atoms with Crippen LogP contribution in [0.3, 0.4) is 0 Å². The van der Waals surface area contributed by atoms with Crippen LogP contribution in [0.5, 0.6) is 0 Å². The molecule has 0 fully saturated rings. The molecule has 0 aliphatic carbocycles. The molecule has 126 valence electrons. The second-order valence-electron chi connectivity index (χ2n) is 6.23. The summed E-state index contributed by atoms with van der Waals surface area (Å²) in [7, 11) is 0. The van der Waals surface area contributed by atoms with Gasteiger partial charge in [-0.25, -0.2) is 4.68 Å². The number of aromatic nitrogens is 3. The van der Waals surface area contributed by atoms with Crippen molar-refractivity contribution in [2.75, 3.05) is 10.6 Å². The molecule has 4 rings (SSSR count). The van der Waals surface area contributed by atoms with Gasteiger partial charge in [0.25, 0.3) is 11.9 Å². The topological polar surface area (TPSA) is 71.8 Å². The fourth-order valence-corrected chi connectivity index (χ4v) is 3.12. The third-order valence-corrected chi connectivity index (χ3v) is 4.32. The van der Waals surface area contributed by atoms with Crippen molar-refractivity contribution in [3.8, 4) is 0 Å². The Balaban J connectivity index is 1.62. The zero-order valence-corrected chi connectivity index (χ0v) is 13.9. The van der Waals surface area contributed by atoms with Crippen molar-refractivity contribution in [1.82, 2.24) is 14.8 Å². The van der Waals surface area contributed by atoms with E-state index in [1.54, 1.807) is 12.1 Å². The molecule has 1 aliphatic heterocycles. The van der Waals surface area contributed by atoms with Crippen LogP contribution in [0.2, 0.25) is 0 Å². The fourth-order valence-electron chi connectivity index (χ4n) is 3.12. The van der Waals surface area contributed by atoms with E-state index in [9.17, 15) is 4.79 Å². The SMILES string of the molecule is C[C@H]1C[C@H](c2ccccc2)n2nc(NC(=O)c3ccccc3)nc2N1. The van der Waals surface area contributed by atoms with Gasteiger partial charge in [-0.1, -0.05) is 48.5 Å². The fraction of sp³-hybridized carbons (Fsp3) is 0.211. The van der Waals surface area contributed by atoms with Crippen LogP contribution in [0.4, 0.5) is 11.9 Å². The van der Waals surface area contributed by atoms with Crippen LogP contribution in [0.1, 0.15) is 35.3 Å². The quantitative estimate of drug-likeness (QED) is 0.771. The lowest BCUT2D eigenvalue weighted by Gasteiger charge is -2.29. The third-order valence-electron chi connectivity index (χ3n) is 4.32. The summed E-state index contributed by atoms with van der Waals surface area (Å²) in [6.07, 6.45) is 0.909. The third kappa shape index (κ3) is 3.10. The number of carbonyl (C=O) groups excluding carboxylic acids is 1. The lowest BCUT2D eigenvalue weighted by atomic mass is 9.99. The first-order valence-corrected chi connectivity index (χ1v) is 8.35. The number of carbonyl (C=O) groups is 1. The van der Waals surface area contributed by atoms with Gasteiger partial charge in [-0.2, -0.15) is 4.98 Å². The minimum absolute atomic E-state index is 0.0994. The van der Waals surface area contributed by atoms with Crippen molar-refractivity contribution in [3.63, 3.8) is 0 Å². The van der Waals surface area contributed by atoms with Gasteiger partial charge in [0.2, 0.25) is 5.95 Å². The molecular formula is C19H19N5O. The van der Waals surface area contributed by atoms with Gasteiger partial charge in [0.05, 0.1) is 6.04 Å². The summed E-state index contributed by atoms with van der Waals surface area (Å²) in [5.41, 5.74) is 1.76. The Kier molecular flexibility index (Phi) is 3.93. The molecule has 6 heteroatoms. The van der Waals surface area contributed by atoms with E-state index in [1.165, 1.54) is 5.56 Å². The minimum atomic E-state index is -0.215. The number of fused-ring (bicyclic) bond motifs is 1. The second-order valence-corrected chi connectivity index (χ2v) is 6.23. The Morgan fingerprint density at radius 2 is 1.80 bits per heavy atom. The van der Waals surface area contributed by atoms with E-state index in [4.69, 9.17) is 0 Å². The Bertz CT molecular complexity index is 875. The first-order chi connectivity index (χ1) is 12.2. The Morgan fingerprint density at radius 3 is 2.52 bits per heavy atom. The van der Waals surface area contributed by atoms with Crippen LogP contribution in [0.25, 0.3) is 0 Å². The van der Waals surface area contributed by atoms with E-state index < -0.39 is 0 Å². The number of anilines is 2. The monoisotopic (exact) mass is 333 g/mol. The Hall–Kier alpha value is -3.15. The van der Waals surface area contributed by atoms with E-state index in [0.717, 1.165) is 6.42 Å². The van der Waals surface area contributed by atoms with E-state index in [0.29, 0.717) is 17.5 Å². The zero-order chi connectivity index (χ0) is 17.2. The zero-order valence-electron chi connectivity index (χ0n) is 13.9. The van der Waals surface area contributed by atoms with Gasteiger partial charge >= 0.3 is 0 Å². The van der Waals surface area contributed by atoms with Gasteiger partial charge in [-0.3, -0.25) is 10.1 Å². The molecule has 2 heterocycles. The normalized spacial score (nSPS) is 18.9. The minimum Gasteiger partial charge on any atom is -0.352 e. The maximum atomic E-state index is 12.3. The smallest absolute Gasteiger partial charge is 0.258 e. The predicted molar refractivity (Wildman–Crippen MR) is 96.7 cm³/mol. The number of hydrogen-bond acceptors (Lipinski definition) is 4. The average molecular weight is 333 g/mol. The molecule has 0 saturated carbocycles. The molecule has 6 nitrogen and oxygen atoms in total. The van der Waals surface area contributed by atoms with Crippen LogP contribution >= 0.6 is 0 Å². The Morgan fingerprint density at radius 1 is 1.12 bits per heavy atom. The van der Waals surface area contributed by atoms with Crippen molar-refractivity contribution >= 4 is 17.8 Å². The molecule has 0 unspecified atom stereocenters. The van der Waals surface area contributed by atoms with Gasteiger partial charge in [0.15, 0.2) is 0 Å². The molecule has 0 radical (unpaired) electrons. The summed E-state index contributed by atoms with van der Waals surface area (Å²) >= 11 is 0. The average Bonchev–Trinajstić information content (AvgIpc) is 3.04. The molecule has 1 amide bonds. The van der Waals surface area contributed by atoms with Crippen LogP contribution in [-0.4, -0.2) is 26.7 Å². The summed E-state index contributed by atoms with van der Waals surface area (Å²) in [6, 6.07) is 19.7. The highest BCUT2D eigenvalue weighted by atomic mass is 16.1. The molecule has 1 aliphatic rings. The van der Waals surface area contributed by atoms with Gasteiger partial charge in [0, 0.05) is 11.6 Å². The van der Waals surface area contributed by atoms with Crippen LogP contribution in [0.15, 0.2) is 60.7 Å². The van der Waals surface area contributed by atoms with Crippen molar-refractivity contribution in [2.45, 2.75) is 25.4 Å². The lowest BCUT2D eigenvalue weighted by molar-refractivity contribution is 0.102. The van der Waals surface area contributed by atoms with Gasteiger partial charge < -0.3 is 5.32 Å². The highest BCUT2D eigenvalue weighted by Crippen LogP contribution is 2.31. The first kappa shape index (κ1) is 15.4. The molecule has 0 saturated heterocycles. The van der Waals surface area contributed by atoms with Crippen LogP contribution in [0, 0.1) is 0 Å². The van der Waals surface area contributed by atoms with E-state index in [2.05, 4.69) is 39.8 Å². The second kappa shape index (κ2) is 6.39. The number of nitrogens with zero attached hydrogens (tertiary/aromatic N) is 3. The van der Waals surface area contributed by atoms with Crippen molar-refractivity contribution in [1.29, 1.82) is 0 Å². The molecule has 2 aromatic carbocycles. The van der Waals surface area contributed by atoms with Gasteiger partial charge in [0.1, 0.15) is 0 Å². The molecule has 1 aromatic heterocycles. The molecular weight excluding hydrogens is 314 g/mol. The van der Waals surface area contributed by atoms with E-state index in [1.807, 2.05) is 41.1 Å². The van der Waals surface area contributed by atoms with Crippen molar-refractivity contribution in [2.24, 2.45) is 0 Å². The molecule has 0 bridgehead atoms. The summed E-state index contributed by atoms with van der Waals surface area (Å²) in [5, 5.41) is 10.6. The number of benzene rings is 2. The summed E-state index contributed by atoms with van der Waals surface area (Å²) < 4.78 is 1.86. The predicted octanol–water partition coefficient (Wildman–Crippen LogP) is 3.32. The van der Waals surface area contributed by atoms with Gasteiger partial charge in [-0.15, -0.1) is 5.10 Å². The molecule has 3 aromatic rings. The summed E-state index contributed by atoms with van der Waals surface area (Å²) in [6.45, 7) is 2.12. The highest BCUT2D eigenvalue weighted by Gasteiger charge is 2.28. The van der Waals surface area contributed by atoms with Crippen LogP contribution in [-0.2, 0) is 0 Å². The molecule has 0 spiro atoms. The molecule has 25 heavy (non-hydrogen) atoms. The van der Waals surface area contributed by atoms with E-state index in [-0.39, 0.29) is 18.0 Å². The first-order valence-electron chi connectivity index (χ1n) is 8.35. The molecule has 2 N–H and O–H groups in total. The Labute approximate surface area is 145 Å². The number of rotatable bonds is 3. The number of nitrogens with one attached hydrogen (secondary N) is 2. The highest BCUT2D eigenvalue weighted by molar-refractivity contribution is 6.03. The standard InChI is InChI=1S/C19H19N5O/c1-13-12-16(14-8-4-2-5-9-14)24-19(20-13)22-18(23-24)21-17(25)15-10-6-3-7-11-15/h2-11,13,16H,12H2,1H3,(H2,20,21,22,23,25)/t13-,16+/m0/s1. The van der Waals surface area contributed by atoms with Crippen LogP contribution < -0.4 is 10.6 Å². The number of amides is 1. The largest absolute Gasteiger partial charge is 0.352 e. The molecule has 2 atom stereocenters. The van der Waals surface area contributed by atoms with E-state index >= 15 is 0 Å². The number of hydrogen-bond donors (Lipinski definition) is 2. The van der Waals surface area contributed by atoms with Crippen molar-refractivity contribution < 1.29 is 4.79 Å². The lowest BCUT2D eigenvalue weighted by Crippen LogP contribution is -2.31.